The molecule has 0 N–H and O–H groups in total. The Kier molecular flexibility index (Phi) is 4.91. The molecule has 0 unspecified atom stereocenters. The Bertz CT molecular complexity index is 947. The topological polar surface area (TPSA) is 55.2 Å². The van der Waals surface area contributed by atoms with Crippen LogP contribution in [0.1, 0.15) is 35.9 Å². The van der Waals surface area contributed by atoms with Crippen molar-refractivity contribution in [1.29, 1.82) is 0 Å². The average molecular weight is 388 g/mol. The number of thiazole rings is 2. The van der Waals surface area contributed by atoms with Gasteiger partial charge in [0.2, 0.25) is 5.91 Å². The van der Waals surface area contributed by atoms with Crippen molar-refractivity contribution < 1.29 is 4.79 Å². The van der Waals surface area contributed by atoms with E-state index in [-0.39, 0.29) is 10.8 Å². The molecule has 0 bridgehead atoms. The number of para-hydroxylation sites is 1. The molecule has 5 nitrogen and oxygen atoms in total. The summed E-state index contributed by atoms with van der Waals surface area (Å²) < 4.78 is 2.92. The van der Waals surface area contributed by atoms with E-state index in [4.69, 9.17) is 4.98 Å². The minimum Gasteiger partial charge on any atom is -0.343 e. The van der Waals surface area contributed by atoms with Crippen molar-refractivity contribution >= 4 is 38.8 Å². The highest BCUT2D eigenvalue weighted by Crippen LogP contribution is 2.33. The molecule has 7 heteroatoms. The number of carbonyl (C=O) groups is 1. The average Bonchev–Trinajstić information content (AvgIpc) is 3.23. The van der Waals surface area contributed by atoms with E-state index in [2.05, 4.69) is 12.1 Å². The van der Waals surface area contributed by atoms with Crippen molar-refractivity contribution in [2.24, 2.45) is 0 Å². The minimum atomic E-state index is 0.0184. The molecule has 0 aliphatic carbocycles. The number of carbonyl (C=O) groups excluding carboxylic acids is 1. The Labute approximate surface area is 159 Å². The van der Waals surface area contributed by atoms with Crippen LogP contribution >= 0.6 is 22.7 Å². The quantitative estimate of drug-likeness (QED) is 0.687. The predicted molar refractivity (Wildman–Crippen MR) is 106 cm³/mol. The normalized spacial score (nSPS) is 15.7. The lowest BCUT2D eigenvalue weighted by Crippen LogP contribution is -2.38. The molecule has 0 radical (unpaired) electrons. The number of aromatic nitrogens is 2. The number of fused-ring (bicyclic) bond motifs is 1. The molecule has 136 valence electrons. The fourth-order valence-electron chi connectivity index (χ4n) is 3.48. The Morgan fingerprint density at radius 2 is 2.04 bits per heavy atom. The van der Waals surface area contributed by atoms with Crippen LogP contribution in [0.3, 0.4) is 0 Å². The van der Waals surface area contributed by atoms with Crippen LogP contribution in [0, 0.1) is 6.92 Å². The molecule has 1 saturated heterocycles. The molecule has 1 fully saturated rings. The molecular weight excluding hydrogens is 366 g/mol. The molecule has 0 saturated carbocycles. The van der Waals surface area contributed by atoms with Gasteiger partial charge in [-0.15, -0.1) is 11.3 Å². The van der Waals surface area contributed by atoms with E-state index < -0.39 is 0 Å². The molecule has 0 atom stereocenters. The standard InChI is InChI=1S/C19H21N3O2S2/c1-13-12-25-19(24)22(13)11-8-17(23)21-9-6-14(7-10-21)18-20-15-4-2-3-5-16(15)26-18/h2-5,12,14H,6-11H2,1H3. The molecule has 26 heavy (non-hydrogen) atoms. The van der Waals surface area contributed by atoms with Gasteiger partial charge >= 0.3 is 4.87 Å². The number of hydrogen-bond acceptors (Lipinski definition) is 5. The van der Waals surface area contributed by atoms with Gasteiger partial charge in [0, 0.05) is 43.0 Å². The Hall–Kier alpha value is -1.99. The first-order valence-electron chi connectivity index (χ1n) is 8.90. The van der Waals surface area contributed by atoms with Gasteiger partial charge < -0.3 is 9.47 Å². The fourth-order valence-corrected chi connectivity index (χ4v) is 5.38. The number of amides is 1. The number of rotatable bonds is 4. The van der Waals surface area contributed by atoms with Crippen LogP contribution in [0.5, 0.6) is 0 Å². The van der Waals surface area contributed by atoms with Gasteiger partial charge in [-0.1, -0.05) is 23.5 Å². The van der Waals surface area contributed by atoms with E-state index in [0.717, 1.165) is 37.1 Å². The number of piperidine rings is 1. The fraction of sp³-hybridized carbons (Fsp3) is 0.421. The van der Waals surface area contributed by atoms with E-state index in [0.29, 0.717) is 18.9 Å². The Morgan fingerprint density at radius 3 is 2.73 bits per heavy atom. The third-order valence-electron chi connectivity index (χ3n) is 5.03. The van der Waals surface area contributed by atoms with Gasteiger partial charge in [0.1, 0.15) is 0 Å². The van der Waals surface area contributed by atoms with E-state index in [1.807, 2.05) is 29.3 Å². The van der Waals surface area contributed by atoms with Crippen LogP contribution in [0.25, 0.3) is 10.2 Å². The zero-order valence-electron chi connectivity index (χ0n) is 14.7. The van der Waals surface area contributed by atoms with Gasteiger partial charge in [-0.3, -0.25) is 9.59 Å². The molecule has 0 spiro atoms. The summed E-state index contributed by atoms with van der Waals surface area (Å²) in [5, 5.41) is 3.04. The molecule has 4 rings (SSSR count). The second-order valence-electron chi connectivity index (χ2n) is 6.72. The third-order valence-corrected chi connectivity index (χ3v) is 7.11. The van der Waals surface area contributed by atoms with E-state index in [1.54, 1.807) is 15.9 Å². The first kappa shape index (κ1) is 17.4. The molecule has 2 aromatic heterocycles. The summed E-state index contributed by atoms with van der Waals surface area (Å²) in [6, 6.07) is 8.24. The van der Waals surface area contributed by atoms with Gasteiger partial charge in [-0.2, -0.15) is 0 Å². The van der Waals surface area contributed by atoms with Crippen molar-refractivity contribution in [1.82, 2.24) is 14.5 Å². The number of benzene rings is 1. The summed E-state index contributed by atoms with van der Waals surface area (Å²) in [6.45, 7) is 3.94. The molecular formula is C19H21N3O2S2. The Morgan fingerprint density at radius 1 is 1.27 bits per heavy atom. The predicted octanol–water partition coefficient (Wildman–Crippen LogP) is 3.62. The summed E-state index contributed by atoms with van der Waals surface area (Å²) >= 11 is 2.97. The van der Waals surface area contributed by atoms with Crippen molar-refractivity contribution in [2.75, 3.05) is 13.1 Å². The van der Waals surface area contributed by atoms with Crippen molar-refractivity contribution in [3.8, 4) is 0 Å². The number of likely N-dealkylation sites (tertiary alicyclic amines) is 1. The lowest BCUT2D eigenvalue weighted by Gasteiger charge is -2.31. The molecule has 1 aromatic carbocycles. The highest BCUT2D eigenvalue weighted by molar-refractivity contribution is 7.18. The zero-order valence-corrected chi connectivity index (χ0v) is 16.3. The SMILES string of the molecule is Cc1csc(=O)n1CCC(=O)N1CCC(c2nc3ccccc3s2)CC1. The molecule has 3 heterocycles. The first-order chi connectivity index (χ1) is 12.6. The van der Waals surface area contributed by atoms with Crippen molar-refractivity contribution in [3.63, 3.8) is 0 Å². The smallest absolute Gasteiger partial charge is 0.307 e. The second kappa shape index (κ2) is 7.32. The van der Waals surface area contributed by atoms with Crippen LogP contribution in [0.15, 0.2) is 34.4 Å². The Balaban J connectivity index is 1.34. The second-order valence-corrected chi connectivity index (χ2v) is 8.60. The largest absolute Gasteiger partial charge is 0.343 e. The first-order valence-corrected chi connectivity index (χ1v) is 10.6. The summed E-state index contributed by atoms with van der Waals surface area (Å²) in [5.74, 6) is 0.587. The zero-order chi connectivity index (χ0) is 18.1. The highest BCUT2D eigenvalue weighted by atomic mass is 32.1. The molecule has 3 aromatic rings. The number of hydrogen-bond donors (Lipinski definition) is 0. The maximum atomic E-state index is 12.5. The van der Waals surface area contributed by atoms with Gasteiger partial charge in [-0.05, 0) is 31.9 Å². The molecule has 1 aliphatic rings. The van der Waals surface area contributed by atoms with Crippen LogP contribution < -0.4 is 4.87 Å². The van der Waals surface area contributed by atoms with Gasteiger partial charge in [0.25, 0.3) is 0 Å². The monoisotopic (exact) mass is 387 g/mol. The summed E-state index contributed by atoms with van der Waals surface area (Å²) in [4.78, 5) is 31.0. The minimum absolute atomic E-state index is 0.0184. The van der Waals surface area contributed by atoms with Crippen molar-refractivity contribution in [2.45, 2.75) is 38.6 Å². The highest BCUT2D eigenvalue weighted by Gasteiger charge is 2.25. The number of aryl methyl sites for hydroxylation is 1. The maximum Gasteiger partial charge on any atom is 0.307 e. The molecule has 1 amide bonds. The maximum absolute atomic E-state index is 12.5. The van der Waals surface area contributed by atoms with E-state index in [1.165, 1.54) is 21.0 Å². The summed E-state index contributed by atoms with van der Waals surface area (Å²) in [6.07, 6.45) is 2.31. The van der Waals surface area contributed by atoms with Crippen LogP contribution in [0.2, 0.25) is 0 Å². The van der Waals surface area contributed by atoms with Crippen LogP contribution in [0.4, 0.5) is 0 Å². The molecule has 1 aliphatic heterocycles. The van der Waals surface area contributed by atoms with Crippen molar-refractivity contribution in [3.05, 3.63) is 50.0 Å². The van der Waals surface area contributed by atoms with E-state index >= 15 is 0 Å². The summed E-state index contributed by atoms with van der Waals surface area (Å²) in [5.41, 5.74) is 2.00. The van der Waals surface area contributed by atoms with Gasteiger partial charge in [0.05, 0.1) is 15.2 Å². The lowest BCUT2D eigenvalue weighted by atomic mass is 9.97. The third kappa shape index (κ3) is 3.46. The van der Waals surface area contributed by atoms with Gasteiger partial charge in [-0.25, -0.2) is 4.98 Å². The van der Waals surface area contributed by atoms with Crippen LogP contribution in [-0.4, -0.2) is 33.4 Å². The van der Waals surface area contributed by atoms with Gasteiger partial charge in [0.15, 0.2) is 0 Å². The van der Waals surface area contributed by atoms with Crippen LogP contribution in [-0.2, 0) is 11.3 Å². The summed E-state index contributed by atoms with van der Waals surface area (Å²) in [7, 11) is 0. The number of nitrogens with zero attached hydrogens (tertiary/aromatic N) is 3. The van der Waals surface area contributed by atoms with E-state index in [9.17, 15) is 9.59 Å². The lowest BCUT2D eigenvalue weighted by molar-refractivity contribution is -0.132.